The van der Waals surface area contributed by atoms with Crippen LogP contribution in [-0.4, -0.2) is 31.3 Å². The van der Waals surface area contributed by atoms with Crippen molar-refractivity contribution < 1.29 is 4.74 Å². The molecule has 0 spiro atoms. The first-order valence-corrected chi connectivity index (χ1v) is 6.00. The number of nitrogens with zero attached hydrogens (tertiary/aromatic N) is 1. The van der Waals surface area contributed by atoms with Crippen LogP contribution in [0.5, 0.6) is 0 Å². The van der Waals surface area contributed by atoms with Crippen LogP contribution in [0.15, 0.2) is 42.5 Å². The van der Waals surface area contributed by atoms with Crippen LogP contribution in [0.3, 0.4) is 0 Å². The summed E-state index contributed by atoms with van der Waals surface area (Å²) in [6, 6.07) is 14.9. The van der Waals surface area contributed by atoms with Gasteiger partial charge in [-0.05, 0) is 22.9 Å². The van der Waals surface area contributed by atoms with Gasteiger partial charge in [0, 0.05) is 18.8 Å². The maximum absolute atomic E-state index is 5.33. The van der Waals surface area contributed by atoms with E-state index in [-0.39, 0.29) is 0 Å². The third kappa shape index (κ3) is 2.40. The molecule has 0 amide bonds. The second-order valence-electron chi connectivity index (χ2n) is 4.27. The summed E-state index contributed by atoms with van der Waals surface area (Å²) < 4.78 is 5.33. The third-order valence-corrected chi connectivity index (χ3v) is 3.05. The number of nitrogens with one attached hydrogen (secondary N) is 1. The van der Waals surface area contributed by atoms with Gasteiger partial charge in [-0.15, -0.1) is 0 Å². The highest BCUT2D eigenvalue weighted by molar-refractivity contribution is 5.85. The Labute approximate surface area is 101 Å². The van der Waals surface area contributed by atoms with Crippen LogP contribution in [0.4, 0.5) is 5.69 Å². The van der Waals surface area contributed by atoms with E-state index >= 15 is 0 Å². The molecule has 3 nitrogen and oxygen atoms in total. The van der Waals surface area contributed by atoms with Crippen molar-refractivity contribution in [1.82, 2.24) is 5.01 Å². The van der Waals surface area contributed by atoms with Gasteiger partial charge in [-0.3, -0.25) is 0 Å². The Morgan fingerprint density at radius 1 is 0.941 bits per heavy atom. The number of morpholine rings is 1. The van der Waals surface area contributed by atoms with Crippen LogP contribution in [0.2, 0.25) is 0 Å². The van der Waals surface area contributed by atoms with Gasteiger partial charge in [0.1, 0.15) is 0 Å². The molecule has 1 saturated heterocycles. The van der Waals surface area contributed by atoms with Crippen molar-refractivity contribution >= 4 is 16.5 Å². The molecule has 0 unspecified atom stereocenters. The van der Waals surface area contributed by atoms with Gasteiger partial charge in [0.05, 0.1) is 13.2 Å². The standard InChI is InChI=1S/C14H16N2O/c1-2-4-13-11-14(6-5-12(13)3-1)15-16-7-9-17-10-8-16/h1-6,11,15H,7-10H2. The van der Waals surface area contributed by atoms with Crippen LogP contribution in [0.25, 0.3) is 10.8 Å². The summed E-state index contributed by atoms with van der Waals surface area (Å²) in [4.78, 5) is 0. The number of ether oxygens (including phenoxy) is 1. The second-order valence-corrected chi connectivity index (χ2v) is 4.27. The summed E-state index contributed by atoms with van der Waals surface area (Å²) in [6.07, 6.45) is 0. The molecule has 1 heterocycles. The van der Waals surface area contributed by atoms with Gasteiger partial charge in [-0.1, -0.05) is 30.3 Å². The fraction of sp³-hybridized carbons (Fsp3) is 0.286. The summed E-state index contributed by atoms with van der Waals surface area (Å²) in [5, 5.41) is 4.75. The van der Waals surface area contributed by atoms with Crippen molar-refractivity contribution in [2.75, 3.05) is 31.7 Å². The molecule has 0 bridgehead atoms. The number of hydrogen-bond acceptors (Lipinski definition) is 3. The van der Waals surface area contributed by atoms with Crippen LogP contribution >= 0.6 is 0 Å². The van der Waals surface area contributed by atoms with E-state index in [1.807, 2.05) is 0 Å². The van der Waals surface area contributed by atoms with Crippen LogP contribution < -0.4 is 5.43 Å². The lowest BCUT2D eigenvalue weighted by Crippen LogP contribution is -2.40. The first-order valence-electron chi connectivity index (χ1n) is 6.00. The minimum Gasteiger partial charge on any atom is -0.379 e. The van der Waals surface area contributed by atoms with E-state index < -0.39 is 0 Å². The summed E-state index contributed by atoms with van der Waals surface area (Å²) in [6.45, 7) is 3.49. The largest absolute Gasteiger partial charge is 0.379 e. The van der Waals surface area contributed by atoms with E-state index in [9.17, 15) is 0 Å². The highest BCUT2D eigenvalue weighted by Crippen LogP contribution is 2.19. The first kappa shape index (κ1) is 10.6. The quantitative estimate of drug-likeness (QED) is 0.854. The molecule has 1 fully saturated rings. The predicted octanol–water partition coefficient (Wildman–Crippen LogP) is 2.50. The zero-order valence-corrected chi connectivity index (χ0v) is 9.73. The van der Waals surface area contributed by atoms with E-state index in [0.29, 0.717) is 0 Å². The first-order chi connectivity index (χ1) is 8.42. The van der Waals surface area contributed by atoms with Crippen molar-refractivity contribution in [1.29, 1.82) is 0 Å². The lowest BCUT2D eigenvalue weighted by atomic mass is 10.1. The number of rotatable bonds is 2. The van der Waals surface area contributed by atoms with E-state index in [4.69, 9.17) is 4.74 Å². The fourth-order valence-electron chi connectivity index (χ4n) is 2.12. The van der Waals surface area contributed by atoms with Crippen molar-refractivity contribution in [3.63, 3.8) is 0 Å². The summed E-state index contributed by atoms with van der Waals surface area (Å²) in [7, 11) is 0. The Morgan fingerprint density at radius 3 is 2.53 bits per heavy atom. The lowest BCUT2D eigenvalue weighted by Gasteiger charge is -2.28. The molecule has 1 N–H and O–H groups in total. The normalized spacial score (nSPS) is 17.2. The maximum Gasteiger partial charge on any atom is 0.0612 e. The average Bonchev–Trinajstić information content (AvgIpc) is 2.40. The zero-order chi connectivity index (χ0) is 11.5. The Kier molecular flexibility index (Phi) is 2.94. The SMILES string of the molecule is c1ccc2cc(NN3CCOCC3)ccc2c1. The minimum atomic E-state index is 0.806. The molecule has 0 radical (unpaired) electrons. The summed E-state index contributed by atoms with van der Waals surface area (Å²) >= 11 is 0. The molecule has 0 atom stereocenters. The number of hydrogen-bond donors (Lipinski definition) is 1. The Hall–Kier alpha value is -1.58. The second kappa shape index (κ2) is 4.73. The van der Waals surface area contributed by atoms with Gasteiger partial charge in [-0.25, -0.2) is 5.01 Å². The molecule has 1 aliphatic heterocycles. The highest BCUT2D eigenvalue weighted by Gasteiger charge is 2.09. The number of fused-ring (bicyclic) bond motifs is 1. The molecule has 3 rings (SSSR count). The van der Waals surface area contributed by atoms with Gasteiger partial charge in [0.2, 0.25) is 0 Å². The molecule has 2 aromatic carbocycles. The molecule has 0 aliphatic carbocycles. The van der Waals surface area contributed by atoms with Gasteiger partial charge in [0.15, 0.2) is 0 Å². The molecule has 17 heavy (non-hydrogen) atoms. The van der Waals surface area contributed by atoms with Crippen molar-refractivity contribution in [2.24, 2.45) is 0 Å². The van der Waals surface area contributed by atoms with Gasteiger partial charge in [0.25, 0.3) is 0 Å². The van der Waals surface area contributed by atoms with E-state index in [1.165, 1.54) is 10.8 Å². The molecule has 88 valence electrons. The molecular formula is C14H16N2O. The van der Waals surface area contributed by atoms with Crippen LogP contribution in [-0.2, 0) is 4.74 Å². The fourth-order valence-corrected chi connectivity index (χ4v) is 2.12. The van der Waals surface area contributed by atoms with E-state index in [1.54, 1.807) is 0 Å². The van der Waals surface area contributed by atoms with Gasteiger partial charge < -0.3 is 10.2 Å². The number of anilines is 1. The topological polar surface area (TPSA) is 24.5 Å². The smallest absolute Gasteiger partial charge is 0.0612 e. The maximum atomic E-state index is 5.33. The monoisotopic (exact) mass is 228 g/mol. The minimum absolute atomic E-state index is 0.806. The summed E-state index contributed by atoms with van der Waals surface area (Å²) in [5.74, 6) is 0. The third-order valence-electron chi connectivity index (χ3n) is 3.05. The predicted molar refractivity (Wildman–Crippen MR) is 70.0 cm³/mol. The Bertz CT molecular complexity index is 506. The lowest BCUT2D eigenvalue weighted by molar-refractivity contribution is 0.0497. The van der Waals surface area contributed by atoms with Gasteiger partial charge >= 0.3 is 0 Å². The van der Waals surface area contributed by atoms with Crippen molar-refractivity contribution in [3.8, 4) is 0 Å². The van der Waals surface area contributed by atoms with Crippen LogP contribution in [0.1, 0.15) is 0 Å². The van der Waals surface area contributed by atoms with Crippen LogP contribution in [0, 0.1) is 0 Å². The molecule has 2 aromatic rings. The number of hydrazine groups is 1. The molecule has 0 saturated carbocycles. The van der Waals surface area contributed by atoms with E-state index in [2.05, 4.69) is 52.9 Å². The Balaban J connectivity index is 1.80. The summed E-state index contributed by atoms with van der Waals surface area (Å²) in [5.41, 5.74) is 4.57. The molecule has 3 heteroatoms. The Morgan fingerprint density at radius 2 is 1.71 bits per heavy atom. The molecular weight excluding hydrogens is 212 g/mol. The van der Waals surface area contributed by atoms with Crippen molar-refractivity contribution in [3.05, 3.63) is 42.5 Å². The van der Waals surface area contributed by atoms with E-state index in [0.717, 1.165) is 32.0 Å². The average molecular weight is 228 g/mol. The molecule has 1 aliphatic rings. The highest BCUT2D eigenvalue weighted by atomic mass is 16.5. The molecule has 0 aromatic heterocycles. The number of benzene rings is 2. The van der Waals surface area contributed by atoms with Gasteiger partial charge in [-0.2, -0.15) is 0 Å². The zero-order valence-electron chi connectivity index (χ0n) is 9.73. The van der Waals surface area contributed by atoms with Crippen molar-refractivity contribution in [2.45, 2.75) is 0 Å².